The normalized spacial score (nSPS) is 23.1. The third-order valence-electron chi connectivity index (χ3n) is 8.06. The van der Waals surface area contributed by atoms with Crippen LogP contribution in [0, 0.1) is 17.2 Å². The summed E-state index contributed by atoms with van der Waals surface area (Å²) in [7, 11) is 0. The lowest BCUT2D eigenvalue weighted by Gasteiger charge is -2.39. The zero-order valence-corrected chi connectivity index (χ0v) is 21.2. The minimum absolute atomic E-state index is 0.0878. The molecule has 3 amide bonds. The van der Waals surface area contributed by atoms with Crippen molar-refractivity contribution < 1.29 is 23.9 Å². The van der Waals surface area contributed by atoms with E-state index in [0.717, 1.165) is 51.3 Å². The van der Waals surface area contributed by atoms with Crippen molar-refractivity contribution in [2.45, 2.75) is 51.6 Å². The summed E-state index contributed by atoms with van der Waals surface area (Å²) in [4.78, 5) is 43.3. The number of carbonyl (C=O) groups is 3. The summed E-state index contributed by atoms with van der Waals surface area (Å²) < 4.78 is 13.2. The van der Waals surface area contributed by atoms with E-state index in [1.807, 2.05) is 26.0 Å². The van der Waals surface area contributed by atoms with Crippen molar-refractivity contribution in [2.75, 3.05) is 50.7 Å². The van der Waals surface area contributed by atoms with Crippen molar-refractivity contribution in [3.05, 3.63) is 30.1 Å². The molecule has 2 atom stereocenters. The summed E-state index contributed by atoms with van der Waals surface area (Å²) in [6.07, 6.45) is 1.69. The van der Waals surface area contributed by atoms with Gasteiger partial charge in [0.1, 0.15) is 11.9 Å². The molecule has 0 aromatic heterocycles. The molecule has 9 nitrogen and oxygen atoms in total. The van der Waals surface area contributed by atoms with E-state index in [-0.39, 0.29) is 29.6 Å². The maximum absolute atomic E-state index is 13.2. The number of piperazine rings is 1. The van der Waals surface area contributed by atoms with E-state index < -0.39 is 17.6 Å². The molecule has 3 aliphatic rings. The molecule has 0 saturated carbocycles. The molecule has 3 heterocycles. The lowest BCUT2D eigenvalue weighted by atomic mass is 9.75. The second kappa shape index (κ2) is 11.0. The Balaban J connectivity index is 1.22. The molecule has 1 aromatic carbocycles. The lowest BCUT2D eigenvalue weighted by molar-refractivity contribution is -0.140. The van der Waals surface area contributed by atoms with Crippen LogP contribution >= 0.6 is 0 Å². The molecule has 198 valence electrons. The molecule has 3 N–H and O–H groups in total. The number of nitrogens with zero attached hydrogens (tertiary/aromatic N) is 3. The standard InChI is InChI=1S/C26H38FN5O4/c1-18(2)22(29-25(35)36)23(33)32-11-8-26(9-12-32)17-20(28-24(26)34)7-10-30-13-15-31(16-14-30)21-5-3-19(27)4-6-21/h3-6,18,20,22,29H,7-17H2,1-2H3,(H,28,34)(H,35,36). The molecule has 3 aliphatic heterocycles. The molecule has 2 unspecified atom stereocenters. The minimum atomic E-state index is -1.20. The SMILES string of the molecule is CC(C)C(NC(=O)O)C(=O)N1CCC2(CC1)CC(CCN1CCN(c3ccc(F)cc3)CC1)NC2=O. The molecular weight excluding hydrogens is 465 g/mol. The Morgan fingerprint density at radius 2 is 1.75 bits per heavy atom. The third kappa shape index (κ3) is 5.91. The van der Waals surface area contributed by atoms with Gasteiger partial charge in [0.15, 0.2) is 0 Å². The van der Waals surface area contributed by atoms with Crippen LogP contribution in [0.25, 0.3) is 0 Å². The van der Waals surface area contributed by atoms with Crippen LogP contribution < -0.4 is 15.5 Å². The Kier molecular flexibility index (Phi) is 8.02. The van der Waals surface area contributed by atoms with Crippen LogP contribution in [0.5, 0.6) is 0 Å². The fraction of sp³-hybridized carbons (Fsp3) is 0.654. The highest BCUT2D eigenvalue weighted by molar-refractivity contribution is 5.87. The van der Waals surface area contributed by atoms with Gasteiger partial charge in [0.2, 0.25) is 11.8 Å². The minimum Gasteiger partial charge on any atom is -0.465 e. The number of carbonyl (C=O) groups excluding carboxylic acids is 2. The number of halogens is 1. The van der Waals surface area contributed by atoms with Crippen LogP contribution in [-0.2, 0) is 9.59 Å². The van der Waals surface area contributed by atoms with Gasteiger partial charge in [0.05, 0.1) is 5.41 Å². The fourth-order valence-corrected chi connectivity index (χ4v) is 5.78. The topological polar surface area (TPSA) is 105 Å². The quantitative estimate of drug-likeness (QED) is 0.527. The van der Waals surface area contributed by atoms with Gasteiger partial charge < -0.3 is 25.5 Å². The van der Waals surface area contributed by atoms with E-state index in [4.69, 9.17) is 5.11 Å². The first-order valence-electron chi connectivity index (χ1n) is 13.0. The van der Waals surface area contributed by atoms with Crippen LogP contribution in [-0.4, -0.2) is 90.7 Å². The summed E-state index contributed by atoms with van der Waals surface area (Å²) in [5.74, 6) is -0.496. The van der Waals surface area contributed by atoms with E-state index in [1.165, 1.54) is 12.1 Å². The summed E-state index contributed by atoms with van der Waals surface area (Å²) >= 11 is 0. The number of carboxylic acid groups (broad SMARTS) is 1. The number of rotatable bonds is 7. The van der Waals surface area contributed by atoms with Gasteiger partial charge in [-0.2, -0.15) is 0 Å². The molecule has 10 heteroatoms. The number of amides is 3. The lowest BCUT2D eigenvalue weighted by Crippen LogP contribution is -2.54. The van der Waals surface area contributed by atoms with Crippen molar-refractivity contribution in [3.8, 4) is 0 Å². The molecule has 0 radical (unpaired) electrons. The first-order valence-corrected chi connectivity index (χ1v) is 13.0. The maximum Gasteiger partial charge on any atom is 0.405 e. The molecule has 3 fully saturated rings. The van der Waals surface area contributed by atoms with E-state index in [2.05, 4.69) is 20.4 Å². The smallest absolute Gasteiger partial charge is 0.405 e. The Bertz CT molecular complexity index is 940. The second-order valence-electron chi connectivity index (χ2n) is 10.7. The van der Waals surface area contributed by atoms with Crippen LogP contribution in [0.15, 0.2) is 24.3 Å². The Morgan fingerprint density at radius 3 is 2.33 bits per heavy atom. The fourth-order valence-electron chi connectivity index (χ4n) is 5.78. The van der Waals surface area contributed by atoms with Gasteiger partial charge in [-0.3, -0.25) is 14.5 Å². The Labute approximate surface area is 212 Å². The molecule has 0 aliphatic carbocycles. The highest BCUT2D eigenvalue weighted by Crippen LogP contribution is 2.41. The van der Waals surface area contributed by atoms with Crippen molar-refractivity contribution in [2.24, 2.45) is 11.3 Å². The maximum atomic E-state index is 13.2. The Hall–Kier alpha value is -2.88. The van der Waals surface area contributed by atoms with Crippen LogP contribution in [0.4, 0.5) is 14.9 Å². The summed E-state index contributed by atoms with van der Waals surface area (Å²) in [5, 5.41) is 14.6. The number of anilines is 1. The summed E-state index contributed by atoms with van der Waals surface area (Å²) in [5.41, 5.74) is 0.611. The van der Waals surface area contributed by atoms with E-state index in [1.54, 1.807) is 4.90 Å². The van der Waals surface area contributed by atoms with Gasteiger partial charge in [-0.25, -0.2) is 9.18 Å². The van der Waals surface area contributed by atoms with Gasteiger partial charge in [0.25, 0.3) is 0 Å². The van der Waals surface area contributed by atoms with Crippen LogP contribution in [0.1, 0.15) is 39.5 Å². The number of nitrogens with one attached hydrogen (secondary N) is 2. The van der Waals surface area contributed by atoms with Crippen molar-refractivity contribution in [1.29, 1.82) is 0 Å². The van der Waals surface area contributed by atoms with Crippen LogP contribution in [0.3, 0.4) is 0 Å². The zero-order chi connectivity index (χ0) is 25.9. The first-order chi connectivity index (χ1) is 17.2. The predicted molar refractivity (Wildman–Crippen MR) is 134 cm³/mol. The molecule has 1 spiro atoms. The predicted octanol–water partition coefficient (Wildman–Crippen LogP) is 2.13. The number of benzene rings is 1. The molecule has 3 saturated heterocycles. The average Bonchev–Trinajstić information content (AvgIpc) is 3.16. The van der Waals surface area contributed by atoms with E-state index >= 15 is 0 Å². The number of likely N-dealkylation sites (tertiary alicyclic amines) is 1. The van der Waals surface area contributed by atoms with Gasteiger partial charge in [-0.1, -0.05) is 13.8 Å². The highest BCUT2D eigenvalue weighted by Gasteiger charge is 2.49. The first kappa shape index (κ1) is 26.2. The zero-order valence-electron chi connectivity index (χ0n) is 21.2. The summed E-state index contributed by atoms with van der Waals surface area (Å²) in [6, 6.07) is 6.00. The van der Waals surface area contributed by atoms with Crippen molar-refractivity contribution >= 4 is 23.6 Å². The van der Waals surface area contributed by atoms with Crippen molar-refractivity contribution in [3.63, 3.8) is 0 Å². The van der Waals surface area contributed by atoms with Gasteiger partial charge in [-0.15, -0.1) is 0 Å². The third-order valence-corrected chi connectivity index (χ3v) is 8.06. The van der Waals surface area contributed by atoms with Gasteiger partial charge in [0, 0.05) is 57.5 Å². The second-order valence-corrected chi connectivity index (χ2v) is 10.7. The molecule has 1 aromatic rings. The Morgan fingerprint density at radius 1 is 1.11 bits per heavy atom. The number of piperidine rings is 1. The molecule has 36 heavy (non-hydrogen) atoms. The molecular formula is C26H38FN5O4. The monoisotopic (exact) mass is 503 g/mol. The highest BCUT2D eigenvalue weighted by atomic mass is 19.1. The average molecular weight is 504 g/mol. The van der Waals surface area contributed by atoms with E-state index in [9.17, 15) is 18.8 Å². The van der Waals surface area contributed by atoms with Crippen molar-refractivity contribution in [1.82, 2.24) is 20.4 Å². The van der Waals surface area contributed by atoms with Gasteiger partial charge in [-0.05, 0) is 55.9 Å². The van der Waals surface area contributed by atoms with Crippen LogP contribution in [0.2, 0.25) is 0 Å². The molecule has 0 bridgehead atoms. The van der Waals surface area contributed by atoms with E-state index in [0.29, 0.717) is 25.9 Å². The molecule has 4 rings (SSSR count). The number of hydrogen-bond donors (Lipinski definition) is 3. The van der Waals surface area contributed by atoms with Gasteiger partial charge >= 0.3 is 6.09 Å². The number of hydrogen-bond acceptors (Lipinski definition) is 5. The summed E-state index contributed by atoms with van der Waals surface area (Å²) in [6.45, 7) is 9.14. The largest absolute Gasteiger partial charge is 0.465 e.